The summed E-state index contributed by atoms with van der Waals surface area (Å²) in [5.41, 5.74) is 0. The molecule has 0 unspecified atom stereocenters. The highest BCUT2D eigenvalue weighted by Crippen LogP contribution is 2.39. The maximum atomic E-state index is 11.3. The van der Waals surface area contributed by atoms with Crippen LogP contribution in [0, 0.1) is 0 Å². The second kappa shape index (κ2) is 10.8. The van der Waals surface area contributed by atoms with Gasteiger partial charge in [0.2, 0.25) is 0 Å². The molecule has 0 spiro atoms. The summed E-state index contributed by atoms with van der Waals surface area (Å²) in [5, 5.41) is 13.7. The van der Waals surface area contributed by atoms with Gasteiger partial charge in [0.1, 0.15) is 6.10 Å². The molecule has 1 N–H and O–H groups in total. The molecule has 0 heterocycles. The molecule has 0 aliphatic carbocycles. The molecule has 0 aromatic heterocycles. The molecule has 0 aliphatic rings. The van der Waals surface area contributed by atoms with E-state index in [1.165, 1.54) is 10.4 Å². The maximum Gasteiger partial charge on any atom is 0.261 e. The van der Waals surface area contributed by atoms with Crippen LogP contribution in [-0.2, 0) is 8.85 Å². The maximum absolute atomic E-state index is 11.3. The summed E-state index contributed by atoms with van der Waals surface area (Å²) in [5.74, 6) is 0. The Balaban J connectivity index is 2.51. The summed E-state index contributed by atoms with van der Waals surface area (Å²) in [6.07, 6.45) is 1.27. The van der Waals surface area contributed by atoms with Gasteiger partial charge >= 0.3 is 0 Å². The molecule has 2 aromatic rings. The van der Waals surface area contributed by atoms with Crippen LogP contribution in [0.15, 0.2) is 73.3 Å². The summed E-state index contributed by atoms with van der Waals surface area (Å²) in [6, 6.07) is 21.1. The lowest BCUT2D eigenvalue weighted by atomic mass is 10.1. The summed E-state index contributed by atoms with van der Waals surface area (Å²) >= 11 is 0. The SMILES string of the molecule is C=CC[C@H](O[Si](c1ccccc1)(c1ccccc1)C(C)(C)C)[C@H](O)CO[Si](C)(C)C(C)(C)C. The number of benzene rings is 2. The number of hydrogen-bond acceptors (Lipinski definition) is 3. The van der Waals surface area contributed by atoms with E-state index in [4.69, 9.17) is 8.85 Å². The highest BCUT2D eigenvalue weighted by Gasteiger charge is 2.52. The average Bonchev–Trinajstić information content (AvgIpc) is 2.74. The van der Waals surface area contributed by atoms with Crippen molar-refractivity contribution in [3.63, 3.8) is 0 Å². The molecule has 0 fully saturated rings. The Morgan fingerprint density at radius 3 is 1.67 bits per heavy atom. The van der Waals surface area contributed by atoms with E-state index >= 15 is 0 Å². The minimum absolute atomic E-state index is 0.0828. The van der Waals surface area contributed by atoms with E-state index in [-0.39, 0.29) is 16.7 Å². The first-order chi connectivity index (χ1) is 15.3. The van der Waals surface area contributed by atoms with E-state index in [1.54, 1.807) is 0 Å². The van der Waals surface area contributed by atoms with Crippen molar-refractivity contribution in [2.24, 2.45) is 0 Å². The van der Waals surface area contributed by atoms with Crippen LogP contribution in [0.5, 0.6) is 0 Å². The van der Waals surface area contributed by atoms with E-state index in [9.17, 15) is 5.11 Å². The minimum atomic E-state index is -2.78. The smallest absolute Gasteiger partial charge is 0.261 e. The van der Waals surface area contributed by atoms with Gasteiger partial charge in [0.15, 0.2) is 8.32 Å². The molecule has 3 nitrogen and oxygen atoms in total. The molecular formula is C28H44O3Si2. The van der Waals surface area contributed by atoms with Crippen molar-refractivity contribution >= 4 is 27.0 Å². The minimum Gasteiger partial charge on any atom is -0.414 e. The lowest BCUT2D eigenvalue weighted by Gasteiger charge is -2.46. The second-order valence-corrected chi connectivity index (χ2v) is 20.5. The molecule has 0 aliphatic heterocycles. The normalized spacial score (nSPS) is 15.2. The van der Waals surface area contributed by atoms with Crippen LogP contribution < -0.4 is 10.4 Å². The second-order valence-electron chi connectivity index (χ2n) is 11.5. The zero-order valence-corrected chi connectivity index (χ0v) is 23.9. The van der Waals surface area contributed by atoms with Crippen LogP contribution in [0.25, 0.3) is 0 Å². The lowest BCUT2D eigenvalue weighted by Crippen LogP contribution is -2.68. The third-order valence-corrected chi connectivity index (χ3v) is 16.6. The van der Waals surface area contributed by atoms with E-state index in [1.807, 2.05) is 18.2 Å². The Morgan fingerprint density at radius 1 is 0.848 bits per heavy atom. The van der Waals surface area contributed by atoms with Gasteiger partial charge in [-0.3, -0.25) is 0 Å². The molecule has 0 amide bonds. The van der Waals surface area contributed by atoms with Gasteiger partial charge in [-0.2, -0.15) is 0 Å². The van der Waals surface area contributed by atoms with Crippen molar-refractivity contribution in [1.82, 2.24) is 0 Å². The Labute approximate surface area is 204 Å². The van der Waals surface area contributed by atoms with E-state index in [2.05, 4.69) is 110 Å². The average molecular weight is 485 g/mol. The molecular weight excluding hydrogens is 440 g/mol. The molecule has 2 rings (SSSR count). The zero-order chi connectivity index (χ0) is 24.9. The first-order valence-corrected chi connectivity index (χ1v) is 16.8. The van der Waals surface area contributed by atoms with Gasteiger partial charge in [-0.1, -0.05) is 108 Å². The fourth-order valence-electron chi connectivity index (χ4n) is 3.98. The molecule has 0 saturated heterocycles. The van der Waals surface area contributed by atoms with Crippen LogP contribution in [-0.4, -0.2) is 40.6 Å². The summed E-state index contributed by atoms with van der Waals surface area (Å²) < 4.78 is 13.6. The van der Waals surface area contributed by atoms with Crippen molar-refractivity contribution in [2.45, 2.75) is 83.3 Å². The molecule has 5 heteroatoms. The molecule has 2 aromatic carbocycles. The quantitative estimate of drug-likeness (QED) is 0.337. The highest BCUT2D eigenvalue weighted by atomic mass is 28.4. The van der Waals surface area contributed by atoms with Crippen LogP contribution >= 0.6 is 0 Å². The first kappa shape index (κ1) is 27.7. The predicted molar refractivity (Wildman–Crippen MR) is 146 cm³/mol. The van der Waals surface area contributed by atoms with Gasteiger partial charge in [0.05, 0.1) is 12.7 Å². The van der Waals surface area contributed by atoms with Crippen molar-refractivity contribution in [1.29, 1.82) is 0 Å². The van der Waals surface area contributed by atoms with Gasteiger partial charge in [-0.05, 0) is 40.0 Å². The molecule has 2 atom stereocenters. The largest absolute Gasteiger partial charge is 0.414 e. The van der Waals surface area contributed by atoms with Crippen LogP contribution in [0.2, 0.25) is 23.2 Å². The Hall–Kier alpha value is -1.51. The molecule has 0 radical (unpaired) electrons. The van der Waals surface area contributed by atoms with E-state index in [0.29, 0.717) is 6.42 Å². The Morgan fingerprint density at radius 2 is 1.30 bits per heavy atom. The number of rotatable bonds is 10. The fraction of sp³-hybridized carbons (Fsp3) is 0.500. The van der Waals surface area contributed by atoms with Crippen molar-refractivity contribution in [3.05, 3.63) is 73.3 Å². The lowest BCUT2D eigenvalue weighted by molar-refractivity contribution is -0.000419. The number of aliphatic hydroxyl groups excluding tert-OH is 1. The standard InChI is InChI=1S/C28H44O3Si2/c1-10-17-26(25(29)22-30-32(8,9)27(2,3)4)31-33(28(5,6)7,23-18-13-11-14-19-23)24-20-15-12-16-21-24/h10-16,18-21,25-26,29H,1,17,22H2,2-9H3/t25-,26+/m1/s1. The summed E-state index contributed by atoms with van der Waals surface area (Å²) in [7, 11) is -4.77. The van der Waals surface area contributed by atoms with Crippen LogP contribution in [0.3, 0.4) is 0 Å². The number of hydrogen-bond donors (Lipinski definition) is 1. The van der Waals surface area contributed by atoms with Gasteiger partial charge in [-0.25, -0.2) is 0 Å². The molecule has 182 valence electrons. The third-order valence-electron chi connectivity index (χ3n) is 6.99. The van der Waals surface area contributed by atoms with Gasteiger partial charge in [0.25, 0.3) is 8.32 Å². The highest BCUT2D eigenvalue weighted by molar-refractivity contribution is 6.99. The third kappa shape index (κ3) is 6.34. The summed E-state index contributed by atoms with van der Waals surface area (Å²) in [6.45, 7) is 22.1. The van der Waals surface area contributed by atoms with Gasteiger partial charge < -0.3 is 14.0 Å². The fourth-order valence-corrected chi connectivity index (χ4v) is 9.73. The Bertz CT molecular complexity index is 828. The molecule has 0 bridgehead atoms. The zero-order valence-electron chi connectivity index (χ0n) is 21.9. The predicted octanol–water partition coefficient (Wildman–Crippen LogP) is 5.89. The Kier molecular flexibility index (Phi) is 9.10. The topological polar surface area (TPSA) is 38.7 Å². The van der Waals surface area contributed by atoms with Gasteiger partial charge in [0, 0.05) is 0 Å². The van der Waals surface area contributed by atoms with Crippen molar-refractivity contribution in [3.8, 4) is 0 Å². The summed E-state index contributed by atoms with van der Waals surface area (Å²) in [4.78, 5) is 0. The van der Waals surface area contributed by atoms with Crippen molar-refractivity contribution < 1.29 is 14.0 Å². The monoisotopic (exact) mass is 484 g/mol. The van der Waals surface area contributed by atoms with Gasteiger partial charge in [-0.15, -0.1) is 6.58 Å². The van der Waals surface area contributed by atoms with E-state index in [0.717, 1.165) is 0 Å². The molecule has 33 heavy (non-hydrogen) atoms. The first-order valence-electron chi connectivity index (χ1n) is 12.0. The van der Waals surface area contributed by atoms with Crippen molar-refractivity contribution in [2.75, 3.05) is 6.61 Å². The van der Waals surface area contributed by atoms with E-state index < -0.39 is 28.8 Å². The van der Waals surface area contributed by atoms with Crippen LogP contribution in [0.4, 0.5) is 0 Å². The van der Waals surface area contributed by atoms with Crippen LogP contribution in [0.1, 0.15) is 48.0 Å². The number of aliphatic hydroxyl groups is 1. The molecule has 0 saturated carbocycles.